The van der Waals surface area contributed by atoms with Crippen molar-refractivity contribution in [1.29, 1.82) is 0 Å². The summed E-state index contributed by atoms with van der Waals surface area (Å²) in [7, 11) is 0. The Hall–Kier alpha value is -2.62. The Balaban J connectivity index is 1.96. The van der Waals surface area contributed by atoms with Crippen LogP contribution in [0.3, 0.4) is 0 Å². The van der Waals surface area contributed by atoms with E-state index in [0.29, 0.717) is 6.54 Å². The van der Waals surface area contributed by atoms with Gasteiger partial charge in [0.25, 0.3) is 0 Å². The van der Waals surface area contributed by atoms with E-state index in [1.54, 1.807) is 4.90 Å². The highest BCUT2D eigenvalue weighted by atomic mass is 16.2. The average molecular weight is 308 g/mol. The van der Waals surface area contributed by atoms with Crippen LogP contribution in [0.25, 0.3) is 0 Å². The van der Waals surface area contributed by atoms with Crippen molar-refractivity contribution >= 4 is 17.5 Å². The third kappa shape index (κ3) is 3.42. The summed E-state index contributed by atoms with van der Waals surface area (Å²) in [5, 5.41) is 0. The van der Waals surface area contributed by atoms with Gasteiger partial charge in [0.15, 0.2) is 0 Å². The number of hydrogen-bond donors (Lipinski definition) is 1. The minimum Gasteiger partial charge on any atom is -0.370 e. The maximum Gasteiger partial charge on any atom is 0.227 e. The predicted octanol–water partition coefficient (Wildman–Crippen LogP) is 2.58. The second kappa shape index (κ2) is 6.65. The zero-order chi connectivity index (χ0) is 16.2. The van der Waals surface area contributed by atoms with Crippen LogP contribution in [0.1, 0.15) is 29.5 Å². The van der Waals surface area contributed by atoms with Gasteiger partial charge >= 0.3 is 0 Å². The van der Waals surface area contributed by atoms with E-state index >= 15 is 0 Å². The number of fused-ring (bicyclic) bond motifs is 2. The van der Waals surface area contributed by atoms with Gasteiger partial charge in [-0.2, -0.15) is 0 Å². The normalized spacial score (nSPS) is 13.5. The van der Waals surface area contributed by atoms with E-state index in [1.165, 1.54) is 5.56 Å². The van der Waals surface area contributed by atoms with Gasteiger partial charge in [-0.05, 0) is 35.6 Å². The monoisotopic (exact) mass is 308 g/mol. The first kappa shape index (κ1) is 15.3. The third-order valence-electron chi connectivity index (χ3n) is 4.28. The fourth-order valence-electron chi connectivity index (χ4n) is 3.05. The molecular formula is C19H20N2O2. The van der Waals surface area contributed by atoms with Crippen molar-refractivity contribution < 1.29 is 9.59 Å². The molecule has 0 unspecified atom stereocenters. The quantitative estimate of drug-likeness (QED) is 0.947. The Kier molecular flexibility index (Phi) is 4.42. The molecule has 3 rings (SSSR count). The highest BCUT2D eigenvalue weighted by molar-refractivity contribution is 5.96. The van der Waals surface area contributed by atoms with Crippen LogP contribution in [0, 0.1) is 0 Å². The van der Waals surface area contributed by atoms with Crippen molar-refractivity contribution in [2.24, 2.45) is 5.73 Å². The topological polar surface area (TPSA) is 63.4 Å². The summed E-state index contributed by atoms with van der Waals surface area (Å²) in [6.45, 7) is 0.533. The Morgan fingerprint density at radius 3 is 2.22 bits per heavy atom. The fourth-order valence-corrected chi connectivity index (χ4v) is 3.05. The molecule has 0 atom stereocenters. The Morgan fingerprint density at radius 1 is 0.870 bits per heavy atom. The number of anilines is 1. The van der Waals surface area contributed by atoms with Crippen LogP contribution in [-0.4, -0.2) is 11.8 Å². The SMILES string of the molecule is NC(=O)CCC(=O)N1Cc2ccccc2CCc2ccccc21. The van der Waals surface area contributed by atoms with Crippen LogP contribution in [0.5, 0.6) is 0 Å². The second-order valence-electron chi connectivity index (χ2n) is 5.84. The van der Waals surface area contributed by atoms with Crippen molar-refractivity contribution in [3.63, 3.8) is 0 Å². The van der Waals surface area contributed by atoms with Gasteiger partial charge in [-0.25, -0.2) is 0 Å². The van der Waals surface area contributed by atoms with Gasteiger partial charge in [0.2, 0.25) is 11.8 Å². The summed E-state index contributed by atoms with van der Waals surface area (Å²) in [4.78, 5) is 25.5. The van der Waals surface area contributed by atoms with E-state index in [2.05, 4.69) is 18.2 Å². The Morgan fingerprint density at radius 2 is 1.48 bits per heavy atom. The van der Waals surface area contributed by atoms with Crippen LogP contribution in [0.4, 0.5) is 5.69 Å². The molecule has 2 aromatic carbocycles. The lowest BCUT2D eigenvalue weighted by Crippen LogP contribution is -2.33. The number of nitrogens with two attached hydrogens (primary N) is 1. The van der Waals surface area contributed by atoms with Crippen LogP contribution < -0.4 is 10.6 Å². The van der Waals surface area contributed by atoms with Gasteiger partial charge in [-0.15, -0.1) is 0 Å². The minimum absolute atomic E-state index is 0.0621. The number of hydrogen-bond acceptors (Lipinski definition) is 2. The van der Waals surface area contributed by atoms with Gasteiger partial charge < -0.3 is 10.6 Å². The number of primary amides is 1. The van der Waals surface area contributed by atoms with Crippen LogP contribution in [-0.2, 0) is 29.0 Å². The molecule has 2 amide bonds. The first-order valence-corrected chi connectivity index (χ1v) is 7.88. The van der Waals surface area contributed by atoms with Crippen LogP contribution in [0.15, 0.2) is 48.5 Å². The Bertz CT molecular complexity index is 740. The van der Waals surface area contributed by atoms with Crippen molar-refractivity contribution in [1.82, 2.24) is 0 Å². The number of rotatable bonds is 3. The van der Waals surface area contributed by atoms with Crippen molar-refractivity contribution in [3.8, 4) is 0 Å². The highest BCUT2D eigenvalue weighted by Crippen LogP contribution is 2.28. The summed E-state index contributed by atoms with van der Waals surface area (Å²) in [5.41, 5.74) is 9.72. The largest absolute Gasteiger partial charge is 0.370 e. The lowest BCUT2D eigenvalue weighted by Gasteiger charge is -2.28. The number of benzene rings is 2. The second-order valence-corrected chi connectivity index (χ2v) is 5.84. The zero-order valence-electron chi connectivity index (χ0n) is 13.0. The fraction of sp³-hybridized carbons (Fsp3) is 0.263. The van der Waals surface area contributed by atoms with E-state index < -0.39 is 5.91 Å². The molecule has 4 nitrogen and oxygen atoms in total. The summed E-state index contributed by atoms with van der Waals surface area (Å²) in [6.07, 6.45) is 2.09. The number of para-hydroxylation sites is 1. The number of amides is 2. The standard InChI is InChI=1S/C19H20N2O2/c20-18(22)11-12-19(23)21-13-16-7-2-1-5-14(16)9-10-15-6-3-4-8-17(15)21/h1-8H,9-13H2,(H2,20,22). The molecule has 1 aliphatic heterocycles. The molecule has 2 aromatic rings. The zero-order valence-corrected chi connectivity index (χ0v) is 13.0. The summed E-state index contributed by atoms with van der Waals surface area (Å²) in [5.74, 6) is -0.507. The van der Waals surface area contributed by atoms with E-state index in [0.717, 1.165) is 29.7 Å². The lowest BCUT2D eigenvalue weighted by molar-refractivity contribution is -0.123. The molecular weight excluding hydrogens is 288 g/mol. The van der Waals surface area contributed by atoms with E-state index in [4.69, 9.17) is 5.73 Å². The van der Waals surface area contributed by atoms with Gasteiger partial charge in [-0.3, -0.25) is 9.59 Å². The smallest absolute Gasteiger partial charge is 0.227 e. The van der Waals surface area contributed by atoms with Gasteiger partial charge in [-0.1, -0.05) is 42.5 Å². The first-order chi connectivity index (χ1) is 11.1. The van der Waals surface area contributed by atoms with Gasteiger partial charge in [0.1, 0.15) is 0 Å². The van der Waals surface area contributed by atoms with E-state index in [9.17, 15) is 9.59 Å². The molecule has 4 heteroatoms. The molecule has 1 aliphatic rings. The number of nitrogens with zero attached hydrogens (tertiary/aromatic N) is 1. The average Bonchev–Trinajstić information content (AvgIpc) is 2.55. The first-order valence-electron chi connectivity index (χ1n) is 7.88. The number of aryl methyl sites for hydroxylation is 2. The van der Waals surface area contributed by atoms with E-state index in [1.807, 2.05) is 30.3 Å². The van der Waals surface area contributed by atoms with Crippen molar-refractivity contribution in [3.05, 3.63) is 65.2 Å². The highest BCUT2D eigenvalue weighted by Gasteiger charge is 2.22. The molecule has 0 fully saturated rings. The van der Waals surface area contributed by atoms with Crippen molar-refractivity contribution in [2.75, 3.05) is 4.90 Å². The molecule has 0 spiro atoms. The maximum absolute atomic E-state index is 12.7. The molecule has 118 valence electrons. The summed E-state index contributed by atoms with van der Waals surface area (Å²) >= 11 is 0. The Labute approximate surface area is 135 Å². The molecule has 23 heavy (non-hydrogen) atoms. The number of carbonyl (C=O) groups excluding carboxylic acids is 2. The minimum atomic E-state index is -0.445. The maximum atomic E-state index is 12.7. The summed E-state index contributed by atoms with van der Waals surface area (Å²) in [6, 6.07) is 16.2. The molecule has 0 aliphatic carbocycles. The van der Waals surface area contributed by atoms with Gasteiger partial charge in [0, 0.05) is 18.5 Å². The molecule has 0 bridgehead atoms. The molecule has 0 saturated carbocycles. The molecule has 1 heterocycles. The van der Waals surface area contributed by atoms with E-state index in [-0.39, 0.29) is 18.7 Å². The summed E-state index contributed by atoms with van der Waals surface area (Å²) < 4.78 is 0. The molecule has 2 N–H and O–H groups in total. The van der Waals surface area contributed by atoms with Crippen molar-refractivity contribution in [2.45, 2.75) is 32.2 Å². The van der Waals surface area contributed by atoms with Gasteiger partial charge in [0.05, 0.1) is 6.54 Å². The number of carbonyl (C=O) groups is 2. The molecule has 0 saturated heterocycles. The van der Waals surface area contributed by atoms with Crippen LogP contribution in [0.2, 0.25) is 0 Å². The third-order valence-corrected chi connectivity index (χ3v) is 4.28. The lowest BCUT2D eigenvalue weighted by atomic mass is 9.95. The molecule has 0 aromatic heterocycles. The van der Waals surface area contributed by atoms with Crippen LogP contribution >= 0.6 is 0 Å². The molecule has 0 radical (unpaired) electrons. The predicted molar refractivity (Wildman–Crippen MR) is 89.9 cm³/mol.